The van der Waals surface area contributed by atoms with Crippen LogP contribution in [-0.4, -0.2) is 18.0 Å². The molecule has 0 saturated heterocycles. The molecular formula is C3H4N2O3S2. The topological polar surface area (TPSA) is 93.3 Å². The van der Waals surface area contributed by atoms with Gasteiger partial charge in [0.1, 0.15) is 0 Å². The van der Waals surface area contributed by atoms with E-state index in [0.717, 1.165) is 11.3 Å². The summed E-state index contributed by atoms with van der Waals surface area (Å²) >= 11 is 0.959. The summed E-state index contributed by atoms with van der Waals surface area (Å²) in [5, 5.41) is 0.896. The highest BCUT2D eigenvalue weighted by molar-refractivity contribution is 7.85. The van der Waals surface area contributed by atoms with E-state index in [-0.39, 0.29) is 5.13 Å². The van der Waals surface area contributed by atoms with Gasteiger partial charge in [0.25, 0.3) is 0 Å². The fourth-order valence-electron chi connectivity index (χ4n) is 0.391. The predicted octanol–water partition coefficient (Wildman–Crippen LogP) is -0.0280. The number of thiazole rings is 1. The molecule has 0 fully saturated rings. The van der Waals surface area contributed by atoms with Crippen LogP contribution in [0.1, 0.15) is 0 Å². The lowest BCUT2D eigenvalue weighted by atomic mass is 11.0. The molecule has 0 atom stereocenters. The van der Waals surface area contributed by atoms with Gasteiger partial charge in [-0.1, -0.05) is 0 Å². The van der Waals surface area contributed by atoms with Gasteiger partial charge >= 0.3 is 10.1 Å². The van der Waals surface area contributed by atoms with E-state index in [1.54, 1.807) is 0 Å². The van der Waals surface area contributed by atoms with E-state index in [0.29, 0.717) is 0 Å². The van der Waals surface area contributed by atoms with Gasteiger partial charge in [0.15, 0.2) is 10.2 Å². The molecule has 0 aliphatic rings. The quantitative estimate of drug-likeness (QED) is 0.592. The maximum Gasteiger partial charge on any atom is 0.313 e. The summed E-state index contributed by atoms with van der Waals surface area (Å²) in [4.78, 5) is 3.34. The summed E-state index contributed by atoms with van der Waals surface area (Å²) in [5.41, 5.74) is 5.11. The van der Waals surface area contributed by atoms with Crippen molar-refractivity contribution in [1.82, 2.24) is 4.98 Å². The third-order valence-corrected chi connectivity index (χ3v) is 2.33. The number of nitrogens with two attached hydrogens (primary N) is 1. The first-order valence-electron chi connectivity index (χ1n) is 2.18. The minimum atomic E-state index is -4.16. The molecule has 5 nitrogen and oxygen atoms in total. The zero-order chi connectivity index (χ0) is 7.78. The van der Waals surface area contributed by atoms with Gasteiger partial charge in [0, 0.05) is 5.38 Å². The standard InChI is InChI=1S/C3H4N2O3S2/c4-3-5-2(1-9-3)10(6,7)8/h1H,(H2,4,5)(H,6,7,8). The molecular weight excluding hydrogens is 176 g/mol. The lowest BCUT2D eigenvalue weighted by Crippen LogP contribution is -1.98. The Morgan fingerprint density at radius 3 is 2.50 bits per heavy atom. The second-order valence-electron chi connectivity index (χ2n) is 1.50. The number of anilines is 1. The predicted molar refractivity (Wildman–Crippen MR) is 36.3 cm³/mol. The van der Waals surface area contributed by atoms with Crippen LogP contribution in [0.25, 0.3) is 0 Å². The molecule has 3 N–H and O–H groups in total. The number of nitrogens with zero attached hydrogens (tertiary/aromatic N) is 1. The lowest BCUT2D eigenvalue weighted by Gasteiger charge is -1.84. The summed E-state index contributed by atoms with van der Waals surface area (Å²) < 4.78 is 28.9. The van der Waals surface area contributed by atoms with Gasteiger partial charge < -0.3 is 5.73 Å². The molecule has 1 heterocycles. The average Bonchev–Trinajstić information content (AvgIpc) is 2.11. The van der Waals surface area contributed by atoms with Crippen LogP contribution >= 0.6 is 11.3 Å². The van der Waals surface area contributed by atoms with Gasteiger partial charge in [0.05, 0.1) is 0 Å². The van der Waals surface area contributed by atoms with Crippen molar-refractivity contribution in [3.63, 3.8) is 0 Å². The smallest absolute Gasteiger partial charge is 0.313 e. The molecule has 0 spiro atoms. The Morgan fingerprint density at radius 1 is 1.70 bits per heavy atom. The van der Waals surface area contributed by atoms with Crippen LogP contribution in [0.5, 0.6) is 0 Å². The second kappa shape index (κ2) is 2.19. The Labute approximate surface area is 61.3 Å². The van der Waals surface area contributed by atoms with Crippen LogP contribution in [0.2, 0.25) is 0 Å². The van der Waals surface area contributed by atoms with Crippen molar-refractivity contribution in [1.29, 1.82) is 0 Å². The summed E-state index contributed by atoms with van der Waals surface area (Å²) in [6, 6.07) is 0. The normalized spacial score (nSPS) is 11.7. The second-order valence-corrected chi connectivity index (χ2v) is 3.76. The number of aromatic nitrogens is 1. The Bertz CT molecular complexity index is 327. The van der Waals surface area contributed by atoms with Crippen molar-refractivity contribution in [2.24, 2.45) is 0 Å². The van der Waals surface area contributed by atoms with Gasteiger partial charge in [0.2, 0.25) is 0 Å². The molecule has 0 aliphatic carbocycles. The molecule has 10 heavy (non-hydrogen) atoms. The van der Waals surface area contributed by atoms with E-state index in [9.17, 15) is 8.42 Å². The highest BCUT2D eigenvalue weighted by atomic mass is 32.2. The molecule has 1 rings (SSSR count). The monoisotopic (exact) mass is 180 g/mol. The van der Waals surface area contributed by atoms with Crippen LogP contribution in [0.15, 0.2) is 10.4 Å². The zero-order valence-electron chi connectivity index (χ0n) is 4.68. The maximum absolute atomic E-state index is 10.3. The first-order valence-corrected chi connectivity index (χ1v) is 4.50. The first-order chi connectivity index (χ1) is 4.50. The third kappa shape index (κ3) is 1.43. The van der Waals surface area contributed by atoms with Crippen molar-refractivity contribution < 1.29 is 13.0 Å². The zero-order valence-corrected chi connectivity index (χ0v) is 6.32. The van der Waals surface area contributed by atoms with Gasteiger partial charge in [-0.25, -0.2) is 4.98 Å². The Morgan fingerprint density at radius 2 is 2.30 bits per heavy atom. The van der Waals surface area contributed by atoms with Crippen molar-refractivity contribution in [3.05, 3.63) is 5.38 Å². The fraction of sp³-hybridized carbons (Fsp3) is 0. The van der Waals surface area contributed by atoms with E-state index in [4.69, 9.17) is 10.3 Å². The molecule has 56 valence electrons. The van der Waals surface area contributed by atoms with Crippen LogP contribution < -0.4 is 5.73 Å². The lowest BCUT2D eigenvalue weighted by molar-refractivity contribution is 0.480. The van der Waals surface area contributed by atoms with Crippen LogP contribution in [0.4, 0.5) is 5.13 Å². The van der Waals surface area contributed by atoms with E-state index in [1.165, 1.54) is 5.38 Å². The summed E-state index contributed by atoms with van der Waals surface area (Å²) in [7, 11) is -4.16. The molecule has 0 radical (unpaired) electrons. The van der Waals surface area contributed by atoms with Gasteiger partial charge in [-0.05, 0) is 0 Å². The fourth-order valence-corrected chi connectivity index (χ4v) is 1.72. The minimum Gasteiger partial charge on any atom is -0.375 e. The van der Waals surface area contributed by atoms with Crippen molar-refractivity contribution in [2.75, 3.05) is 5.73 Å². The summed E-state index contributed by atoms with van der Waals surface area (Å²) in [6.45, 7) is 0. The maximum atomic E-state index is 10.3. The molecule has 1 aromatic heterocycles. The third-order valence-electron chi connectivity index (χ3n) is 0.765. The molecule has 7 heteroatoms. The van der Waals surface area contributed by atoms with Crippen molar-refractivity contribution >= 4 is 26.6 Å². The van der Waals surface area contributed by atoms with Crippen molar-refractivity contribution in [3.8, 4) is 0 Å². The molecule has 0 aromatic carbocycles. The van der Waals surface area contributed by atoms with Crippen LogP contribution in [-0.2, 0) is 10.1 Å². The highest BCUT2D eigenvalue weighted by Crippen LogP contribution is 2.14. The van der Waals surface area contributed by atoms with E-state index in [2.05, 4.69) is 4.98 Å². The number of nitrogen functional groups attached to an aromatic ring is 1. The molecule has 0 aliphatic heterocycles. The molecule has 0 saturated carbocycles. The molecule has 1 aromatic rings. The average molecular weight is 180 g/mol. The number of rotatable bonds is 1. The summed E-state index contributed by atoms with van der Waals surface area (Å²) in [5.74, 6) is 0. The molecule has 0 bridgehead atoms. The Kier molecular flexibility index (Phi) is 1.63. The first kappa shape index (κ1) is 7.45. The Balaban J connectivity index is 3.21. The number of hydrogen-bond donors (Lipinski definition) is 2. The minimum absolute atomic E-state index is 0.118. The Hall–Kier alpha value is -0.660. The van der Waals surface area contributed by atoms with Gasteiger partial charge in [-0.2, -0.15) is 8.42 Å². The SMILES string of the molecule is Nc1nc(S(=O)(=O)O)cs1. The van der Waals surface area contributed by atoms with Crippen LogP contribution in [0, 0.1) is 0 Å². The summed E-state index contributed by atoms with van der Waals surface area (Å²) in [6.07, 6.45) is 0. The van der Waals surface area contributed by atoms with E-state index >= 15 is 0 Å². The number of hydrogen-bond acceptors (Lipinski definition) is 5. The largest absolute Gasteiger partial charge is 0.375 e. The van der Waals surface area contributed by atoms with Crippen molar-refractivity contribution in [2.45, 2.75) is 5.03 Å². The van der Waals surface area contributed by atoms with E-state index < -0.39 is 15.1 Å². The van der Waals surface area contributed by atoms with Gasteiger partial charge in [-0.15, -0.1) is 11.3 Å². The molecule has 0 amide bonds. The highest BCUT2D eigenvalue weighted by Gasteiger charge is 2.12. The molecule has 0 unspecified atom stereocenters. The van der Waals surface area contributed by atoms with Gasteiger partial charge in [-0.3, -0.25) is 4.55 Å². The van der Waals surface area contributed by atoms with Crippen LogP contribution in [0.3, 0.4) is 0 Å². The van der Waals surface area contributed by atoms with E-state index in [1.807, 2.05) is 0 Å².